The molecule has 1 aromatic heterocycles. The fourth-order valence-electron chi connectivity index (χ4n) is 2.72. The van der Waals surface area contributed by atoms with E-state index in [1.54, 1.807) is 0 Å². The molecule has 3 rings (SSSR count). The lowest BCUT2D eigenvalue weighted by Gasteiger charge is -2.35. The zero-order chi connectivity index (χ0) is 11.7. The van der Waals surface area contributed by atoms with Crippen LogP contribution in [0.1, 0.15) is 24.4 Å². The Morgan fingerprint density at radius 3 is 2.65 bits per heavy atom. The molecule has 17 heavy (non-hydrogen) atoms. The van der Waals surface area contributed by atoms with Crippen LogP contribution in [0, 0.1) is 5.92 Å². The molecule has 1 saturated heterocycles. The molecule has 1 N–H and O–H groups in total. The summed E-state index contributed by atoms with van der Waals surface area (Å²) in [6.07, 6.45) is 4.80. The van der Waals surface area contributed by atoms with E-state index < -0.39 is 0 Å². The summed E-state index contributed by atoms with van der Waals surface area (Å²) in [6, 6.07) is 4.88. The summed E-state index contributed by atoms with van der Waals surface area (Å²) in [4.78, 5) is 7.00. The second kappa shape index (κ2) is 5.04. The molecular formula is C13H18BrN3. The van der Waals surface area contributed by atoms with Crippen molar-refractivity contribution in [2.45, 2.75) is 18.9 Å². The first kappa shape index (κ1) is 11.6. The van der Waals surface area contributed by atoms with E-state index in [0.29, 0.717) is 6.04 Å². The number of piperazine rings is 1. The molecule has 0 unspecified atom stereocenters. The minimum atomic E-state index is 0.595. The maximum atomic E-state index is 4.38. The third kappa shape index (κ3) is 2.69. The number of halogens is 1. The van der Waals surface area contributed by atoms with Crippen molar-refractivity contribution in [3.05, 3.63) is 28.5 Å². The molecule has 0 amide bonds. The van der Waals surface area contributed by atoms with Gasteiger partial charge >= 0.3 is 0 Å². The third-order valence-corrected chi connectivity index (χ3v) is 4.17. The predicted octanol–water partition coefficient (Wildman–Crippen LogP) is 2.20. The van der Waals surface area contributed by atoms with E-state index in [9.17, 15) is 0 Å². The summed E-state index contributed by atoms with van der Waals surface area (Å²) < 4.78 is 0.927. The summed E-state index contributed by atoms with van der Waals surface area (Å²) >= 11 is 3.41. The molecule has 2 fully saturated rings. The van der Waals surface area contributed by atoms with E-state index in [-0.39, 0.29) is 0 Å². The van der Waals surface area contributed by atoms with Gasteiger partial charge in [-0.25, -0.2) is 4.98 Å². The summed E-state index contributed by atoms with van der Waals surface area (Å²) in [7, 11) is 0. The van der Waals surface area contributed by atoms with E-state index >= 15 is 0 Å². The maximum Gasteiger partial charge on any atom is 0.106 e. The van der Waals surface area contributed by atoms with Crippen molar-refractivity contribution >= 4 is 15.9 Å². The minimum absolute atomic E-state index is 0.595. The van der Waals surface area contributed by atoms with Crippen molar-refractivity contribution in [1.29, 1.82) is 0 Å². The standard InChI is InChI=1S/C13H18BrN3/c14-12-4-3-11(9-16-12)13(10-1-2-10)17-7-5-15-6-8-17/h3-4,9-10,13,15H,1-2,5-8H2/t13-/m1/s1. The number of rotatable bonds is 3. The monoisotopic (exact) mass is 295 g/mol. The average molecular weight is 296 g/mol. The Hall–Kier alpha value is -0.450. The molecule has 0 spiro atoms. The van der Waals surface area contributed by atoms with E-state index in [1.807, 2.05) is 6.20 Å². The van der Waals surface area contributed by atoms with Crippen molar-refractivity contribution in [3.8, 4) is 0 Å². The lowest BCUT2D eigenvalue weighted by atomic mass is 10.0. The van der Waals surface area contributed by atoms with Crippen LogP contribution in [-0.4, -0.2) is 36.1 Å². The van der Waals surface area contributed by atoms with Crippen molar-refractivity contribution in [2.75, 3.05) is 26.2 Å². The van der Waals surface area contributed by atoms with E-state index in [1.165, 1.54) is 18.4 Å². The molecule has 4 heteroatoms. The lowest BCUT2D eigenvalue weighted by molar-refractivity contribution is 0.156. The molecule has 1 aromatic rings. The van der Waals surface area contributed by atoms with Gasteiger partial charge in [-0.05, 0) is 46.3 Å². The number of aromatic nitrogens is 1. The normalized spacial score (nSPS) is 23.6. The highest BCUT2D eigenvalue weighted by Gasteiger charge is 2.36. The van der Waals surface area contributed by atoms with Gasteiger partial charge in [0.05, 0.1) is 0 Å². The van der Waals surface area contributed by atoms with Crippen LogP contribution in [0.2, 0.25) is 0 Å². The summed E-state index contributed by atoms with van der Waals surface area (Å²) in [5, 5.41) is 3.42. The van der Waals surface area contributed by atoms with Crippen LogP contribution >= 0.6 is 15.9 Å². The predicted molar refractivity (Wildman–Crippen MR) is 71.8 cm³/mol. The zero-order valence-electron chi connectivity index (χ0n) is 9.90. The minimum Gasteiger partial charge on any atom is -0.314 e. The van der Waals surface area contributed by atoms with Crippen molar-refractivity contribution in [3.63, 3.8) is 0 Å². The number of hydrogen-bond donors (Lipinski definition) is 1. The van der Waals surface area contributed by atoms with Crippen LogP contribution in [0.4, 0.5) is 0 Å². The molecule has 92 valence electrons. The van der Waals surface area contributed by atoms with Gasteiger partial charge in [-0.2, -0.15) is 0 Å². The van der Waals surface area contributed by atoms with E-state index in [0.717, 1.165) is 36.7 Å². The van der Waals surface area contributed by atoms with Crippen LogP contribution in [0.3, 0.4) is 0 Å². The Bertz CT molecular complexity index is 369. The highest BCUT2D eigenvalue weighted by molar-refractivity contribution is 9.10. The zero-order valence-corrected chi connectivity index (χ0v) is 11.5. The van der Waals surface area contributed by atoms with Gasteiger partial charge in [0, 0.05) is 38.4 Å². The SMILES string of the molecule is Brc1ccc([C@@H](C2CC2)N2CCNCC2)cn1. The first-order chi connectivity index (χ1) is 8.34. The lowest BCUT2D eigenvalue weighted by Crippen LogP contribution is -2.45. The summed E-state index contributed by atoms with van der Waals surface area (Å²) in [5.41, 5.74) is 1.39. The van der Waals surface area contributed by atoms with Crippen LogP contribution in [0.15, 0.2) is 22.9 Å². The van der Waals surface area contributed by atoms with Crippen molar-refractivity contribution in [2.24, 2.45) is 5.92 Å². The molecule has 1 aliphatic carbocycles. The smallest absolute Gasteiger partial charge is 0.106 e. The van der Waals surface area contributed by atoms with Gasteiger partial charge < -0.3 is 5.32 Å². The van der Waals surface area contributed by atoms with Gasteiger partial charge in [0.15, 0.2) is 0 Å². The maximum absolute atomic E-state index is 4.38. The molecule has 1 aliphatic heterocycles. The van der Waals surface area contributed by atoms with Gasteiger partial charge in [-0.3, -0.25) is 4.90 Å². The molecule has 1 atom stereocenters. The van der Waals surface area contributed by atoms with Crippen LogP contribution < -0.4 is 5.32 Å². The van der Waals surface area contributed by atoms with Gasteiger partial charge in [0.25, 0.3) is 0 Å². The molecule has 2 heterocycles. The Morgan fingerprint density at radius 1 is 1.29 bits per heavy atom. The van der Waals surface area contributed by atoms with E-state index in [4.69, 9.17) is 0 Å². The third-order valence-electron chi connectivity index (χ3n) is 3.71. The highest BCUT2D eigenvalue weighted by Crippen LogP contribution is 2.44. The molecule has 0 aromatic carbocycles. The fourth-order valence-corrected chi connectivity index (χ4v) is 2.95. The Labute approximate surface area is 111 Å². The fraction of sp³-hybridized carbons (Fsp3) is 0.615. The molecule has 0 bridgehead atoms. The summed E-state index contributed by atoms with van der Waals surface area (Å²) in [6.45, 7) is 4.56. The first-order valence-electron chi connectivity index (χ1n) is 6.41. The van der Waals surface area contributed by atoms with Gasteiger partial charge in [-0.1, -0.05) is 6.07 Å². The largest absolute Gasteiger partial charge is 0.314 e. The van der Waals surface area contributed by atoms with Gasteiger partial charge in [-0.15, -0.1) is 0 Å². The number of nitrogens with zero attached hydrogens (tertiary/aromatic N) is 2. The van der Waals surface area contributed by atoms with Crippen LogP contribution in [0.25, 0.3) is 0 Å². The second-order valence-electron chi connectivity index (χ2n) is 4.98. The molecular weight excluding hydrogens is 278 g/mol. The van der Waals surface area contributed by atoms with Crippen molar-refractivity contribution < 1.29 is 0 Å². The second-order valence-corrected chi connectivity index (χ2v) is 5.79. The number of pyridine rings is 1. The average Bonchev–Trinajstić information content (AvgIpc) is 3.18. The number of hydrogen-bond acceptors (Lipinski definition) is 3. The topological polar surface area (TPSA) is 28.2 Å². The van der Waals surface area contributed by atoms with E-state index in [2.05, 4.69) is 43.3 Å². The van der Waals surface area contributed by atoms with Crippen LogP contribution in [0.5, 0.6) is 0 Å². The number of nitrogens with one attached hydrogen (secondary N) is 1. The Kier molecular flexibility index (Phi) is 3.45. The molecule has 0 radical (unpaired) electrons. The first-order valence-corrected chi connectivity index (χ1v) is 7.20. The molecule has 2 aliphatic rings. The van der Waals surface area contributed by atoms with Gasteiger partial charge in [0.2, 0.25) is 0 Å². The summed E-state index contributed by atoms with van der Waals surface area (Å²) in [5.74, 6) is 0.857. The molecule has 1 saturated carbocycles. The van der Waals surface area contributed by atoms with Gasteiger partial charge in [0.1, 0.15) is 4.60 Å². The quantitative estimate of drug-likeness (QED) is 0.867. The van der Waals surface area contributed by atoms with Crippen LogP contribution in [-0.2, 0) is 0 Å². The Balaban J connectivity index is 1.81. The highest BCUT2D eigenvalue weighted by atomic mass is 79.9. The van der Waals surface area contributed by atoms with Crippen molar-refractivity contribution in [1.82, 2.24) is 15.2 Å². The Morgan fingerprint density at radius 2 is 2.06 bits per heavy atom. The molecule has 3 nitrogen and oxygen atoms in total.